The normalized spacial score (nSPS) is 14.0. The van der Waals surface area contributed by atoms with Crippen LogP contribution in [0.3, 0.4) is 0 Å². The molecule has 0 fully saturated rings. The third-order valence-electron chi connectivity index (χ3n) is 3.07. The monoisotopic (exact) mass is 380 g/mol. The molecule has 1 heterocycles. The van der Waals surface area contributed by atoms with Crippen LogP contribution < -0.4 is 4.74 Å². The Kier molecular flexibility index (Phi) is 7.11. The summed E-state index contributed by atoms with van der Waals surface area (Å²) in [5, 5.41) is 8.40. The minimum absolute atomic E-state index is 0. The van der Waals surface area contributed by atoms with Crippen molar-refractivity contribution in [3.05, 3.63) is 35.4 Å². The van der Waals surface area contributed by atoms with Crippen molar-refractivity contribution in [2.75, 3.05) is 13.2 Å². The number of carbonyl (C=O) groups excluding carboxylic acids is 1. The van der Waals surface area contributed by atoms with Crippen LogP contribution in [-0.2, 0) is 37.5 Å². The Bertz CT molecular complexity index is 618. The van der Waals surface area contributed by atoms with Crippen LogP contribution >= 0.6 is 0 Å². The van der Waals surface area contributed by atoms with Crippen LogP contribution in [0, 0.1) is 29.0 Å². The molecule has 0 N–H and O–H groups in total. The summed E-state index contributed by atoms with van der Waals surface area (Å²) in [6, 6.07) is 3.71. The second-order valence-electron chi connectivity index (χ2n) is 4.37. The third kappa shape index (κ3) is 3.90. The Morgan fingerprint density at radius 2 is 2.05 bits per heavy atom. The maximum absolute atomic E-state index is 14.2. The minimum Gasteiger partial charge on any atom is -0.479 e. The number of amides is 1. The van der Waals surface area contributed by atoms with Gasteiger partial charge in [-0.3, -0.25) is 4.79 Å². The van der Waals surface area contributed by atoms with E-state index in [1.54, 1.807) is 13.0 Å². The SMILES string of the molecule is CCN1C(=O)CC[C-]=C1c1c(F)cc(OCC#N)cc1F.[Y]. The first-order chi connectivity index (χ1) is 10.1. The summed E-state index contributed by atoms with van der Waals surface area (Å²) < 4.78 is 33.2. The van der Waals surface area contributed by atoms with Gasteiger partial charge in [-0.2, -0.15) is 5.26 Å². The number of hydrogen-bond donors (Lipinski definition) is 0. The van der Waals surface area contributed by atoms with Crippen molar-refractivity contribution in [3.8, 4) is 11.8 Å². The largest absolute Gasteiger partial charge is 0.479 e. The van der Waals surface area contributed by atoms with Crippen molar-refractivity contribution >= 4 is 11.6 Å². The van der Waals surface area contributed by atoms with E-state index in [9.17, 15) is 13.6 Å². The summed E-state index contributed by atoms with van der Waals surface area (Å²) in [6.45, 7) is 1.74. The van der Waals surface area contributed by atoms with Gasteiger partial charge in [0.1, 0.15) is 11.8 Å². The van der Waals surface area contributed by atoms with Gasteiger partial charge in [-0.25, -0.2) is 14.9 Å². The number of ether oxygens (including phenoxy) is 1. The quantitative estimate of drug-likeness (QED) is 0.755. The third-order valence-corrected chi connectivity index (χ3v) is 3.07. The fourth-order valence-corrected chi connectivity index (χ4v) is 2.18. The topological polar surface area (TPSA) is 53.3 Å². The predicted molar refractivity (Wildman–Crippen MR) is 70.7 cm³/mol. The number of nitrogens with zero attached hydrogens (tertiary/aromatic N) is 2. The molecule has 1 aromatic carbocycles. The van der Waals surface area contributed by atoms with Crippen LogP contribution in [0.15, 0.2) is 12.1 Å². The van der Waals surface area contributed by atoms with Gasteiger partial charge in [0, 0.05) is 45.7 Å². The van der Waals surface area contributed by atoms with Crippen LogP contribution in [0.25, 0.3) is 5.70 Å². The molecule has 1 amide bonds. The summed E-state index contributed by atoms with van der Waals surface area (Å²) in [6.07, 6.45) is 3.47. The van der Waals surface area contributed by atoms with E-state index in [4.69, 9.17) is 10.00 Å². The molecule has 4 nitrogen and oxygen atoms in total. The first kappa shape index (κ1) is 18.7. The zero-order valence-corrected chi connectivity index (χ0v) is 14.9. The van der Waals surface area contributed by atoms with E-state index < -0.39 is 11.6 Å². The maximum Gasteiger partial charge on any atom is 0.223 e. The molecular formula is C15H13F2N2O2Y-. The average Bonchev–Trinajstić information content (AvgIpc) is 2.44. The number of rotatable bonds is 4. The van der Waals surface area contributed by atoms with Gasteiger partial charge in [0.2, 0.25) is 5.91 Å². The van der Waals surface area contributed by atoms with Gasteiger partial charge < -0.3 is 9.64 Å². The molecule has 1 aliphatic rings. The van der Waals surface area contributed by atoms with Gasteiger partial charge in [-0.15, -0.1) is 12.1 Å². The van der Waals surface area contributed by atoms with Crippen LogP contribution in [0.5, 0.6) is 5.75 Å². The number of allylic oxidation sites excluding steroid dienone is 1. The zero-order valence-electron chi connectivity index (χ0n) is 12.0. The van der Waals surface area contributed by atoms with Gasteiger partial charge in [-0.05, 0) is 19.1 Å². The first-order valence-electron chi connectivity index (χ1n) is 6.48. The van der Waals surface area contributed by atoms with Gasteiger partial charge in [0.25, 0.3) is 0 Å². The van der Waals surface area contributed by atoms with E-state index in [0.717, 1.165) is 12.1 Å². The number of hydrogen-bond acceptors (Lipinski definition) is 3. The molecule has 1 aliphatic heterocycles. The second kappa shape index (κ2) is 8.35. The van der Waals surface area contributed by atoms with E-state index in [1.165, 1.54) is 4.90 Å². The summed E-state index contributed by atoms with van der Waals surface area (Å²) >= 11 is 0. The maximum atomic E-state index is 14.2. The molecule has 7 heteroatoms. The molecule has 0 saturated heterocycles. The molecule has 0 atom stereocenters. The molecule has 0 spiro atoms. The van der Waals surface area contributed by atoms with E-state index in [-0.39, 0.29) is 68.7 Å². The van der Waals surface area contributed by atoms with Crippen molar-refractivity contribution in [1.82, 2.24) is 4.90 Å². The fraction of sp³-hybridized carbons (Fsp3) is 0.333. The molecule has 0 saturated carbocycles. The van der Waals surface area contributed by atoms with Crippen molar-refractivity contribution < 1.29 is 51.0 Å². The molecule has 113 valence electrons. The molecule has 0 aliphatic carbocycles. The van der Waals surface area contributed by atoms with E-state index in [1.807, 2.05) is 0 Å². The number of nitriles is 1. The van der Waals surface area contributed by atoms with Gasteiger partial charge >= 0.3 is 0 Å². The summed E-state index contributed by atoms with van der Waals surface area (Å²) in [7, 11) is 0. The number of benzene rings is 1. The molecular weight excluding hydrogens is 367 g/mol. The number of halogens is 2. The number of carbonyl (C=O) groups is 1. The molecule has 2 rings (SSSR count). The van der Waals surface area contributed by atoms with Crippen LogP contribution in [-0.4, -0.2) is 24.0 Å². The van der Waals surface area contributed by atoms with Crippen LogP contribution in [0.1, 0.15) is 25.3 Å². The standard InChI is InChI=1S/C15H13F2N2O2.Y/c1-2-19-13(4-3-5-14(19)20)15-11(16)8-10(9-12(15)17)21-7-6-18;/h8-9H,2-3,5,7H2,1H3;/q-1;. The zero-order chi connectivity index (χ0) is 15.4. The van der Waals surface area contributed by atoms with Crippen LogP contribution in [0.2, 0.25) is 0 Å². The van der Waals surface area contributed by atoms with Gasteiger partial charge in [0.05, 0.1) is 11.6 Å². The Balaban J connectivity index is 0.00000242. The molecule has 1 radical (unpaired) electrons. The summed E-state index contributed by atoms with van der Waals surface area (Å²) in [5.41, 5.74) is -0.176. The molecule has 0 bridgehead atoms. The summed E-state index contributed by atoms with van der Waals surface area (Å²) in [5.74, 6) is -1.95. The first-order valence-corrected chi connectivity index (χ1v) is 6.48. The van der Waals surface area contributed by atoms with E-state index in [2.05, 4.69) is 6.08 Å². The van der Waals surface area contributed by atoms with Gasteiger partial charge in [-0.1, -0.05) is 5.56 Å². The molecule has 1 aromatic rings. The van der Waals surface area contributed by atoms with Crippen LogP contribution in [0.4, 0.5) is 8.78 Å². The minimum atomic E-state index is -0.849. The van der Waals surface area contributed by atoms with Crippen molar-refractivity contribution in [3.63, 3.8) is 0 Å². The Hall–Kier alpha value is -1.32. The van der Waals surface area contributed by atoms with Crippen molar-refractivity contribution in [2.45, 2.75) is 19.8 Å². The predicted octanol–water partition coefficient (Wildman–Crippen LogP) is 2.65. The smallest absolute Gasteiger partial charge is 0.223 e. The van der Waals surface area contributed by atoms with Crippen molar-refractivity contribution in [1.29, 1.82) is 5.26 Å². The average molecular weight is 380 g/mol. The van der Waals surface area contributed by atoms with E-state index >= 15 is 0 Å². The molecule has 22 heavy (non-hydrogen) atoms. The van der Waals surface area contributed by atoms with E-state index in [0.29, 0.717) is 13.0 Å². The summed E-state index contributed by atoms with van der Waals surface area (Å²) in [4.78, 5) is 13.1. The fourth-order valence-electron chi connectivity index (χ4n) is 2.18. The second-order valence-corrected chi connectivity index (χ2v) is 4.37. The van der Waals surface area contributed by atoms with Gasteiger partial charge in [0.15, 0.2) is 6.61 Å². The van der Waals surface area contributed by atoms with Crippen molar-refractivity contribution in [2.24, 2.45) is 0 Å². The Morgan fingerprint density at radius 3 is 2.59 bits per heavy atom. The Morgan fingerprint density at radius 1 is 1.41 bits per heavy atom. The molecule has 0 aromatic heterocycles. The molecule has 0 unspecified atom stereocenters. The Labute approximate surface area is 152 Å².